The van der Waals surface area contributed by atoms with Crippen LogP contribution in [-0.4, -0.2) is 24.8 Å². The molecule has 1 saturated carbocycles. The standard InChI is InChI=1S/C16H29NO/c1-6-9-14(17-7-2)16(18-8-3)12-10-15(4,5)11-13-16/h1,14,17H,7-13H2,2-5H3. The van der Waals surface area contributed by atoms with Crippen molar-refractivity contribution < 1.29 is 4.74 Å². The van der Waals surface area contributed by atoms with Crippen LogP contribution in [0, 0.1) is 17.8 Å². The summed E-state index contributed by atoms with van der Waals surface area (Å²) in [6, 6.07) is 0.295. The van der Waals surface area contributed by atoms with Crippen LogP contribution >= 0.6 is 0 Å². The third-order valence-electron chi connectivity index (χ3n) is 4.29. The lowest BCUT2D eigenvalue weighted by Crippen LogP contribution is -2.55. The van der Waals surface area contributed by atoms with Crippen LogP contribution < -0.4 is 5.32 Å². The van der Waals surface area contributed by atoms with E-state index < -0.39 is 0 Å². The van der Waals surface area contributed by atoms with E-state index in [1.807, 2.05) is 0 Å². The maximum atomic E-state index is 6.17. The number of rotatable bonds is 6. The second-order valence-corrected chi connectivity index (χ2v) is 6.18. The zero-order valence-electron chi connectivity index (χ0n) is 12.5. The molecule has 0 radical (unpaired) electrons. The summed E-state index contributed by atoms with van der Waals surface area (Å²) in [6.07, 6.45) is 11.0. The smallest absolute Gasteiger partial charge is 0.0844 e. The fourth-order valence-electron chi connectivity index (χ4n) is 3.04. The van der Waals surface area contributed by atoms with Crippen LogP contribution in [0.15, 0.2) is 0 Å². The summed E-state index contributed by atoms with van der Waals surface area (Å²) in [5, 5.41) is 3.54. The van der Waals surface area contributed by atoms with E-state index in [1.165, 1.54) is 12.8 Å². The molecule has 2 nitrogen and oxygen atoms in total. The molecular formula is C16H29NO. The molecule has 1 unspecified atom stereocenters. The lowest BCUT2D eigenvalue weighted by molar-refractivity contribution is -0.105. The van der Waals surface area contributed by atoms with Gasteiger partial charge in [-0.15, -0.1) is 12.3 Å². The van der Waals surface area contributed by atoms with Crippen molar-refractivity contribution >= 4 is 0 Å². The second kappa shape index (κ2) is 6.59. The second-order valence-electron chi connectivity index (χ2n) is 6.18. The van der Waals surface area contributed by atoms with E-state index >= 15 is 0 Å². The van der Waals surface area contributed by atoms with E-state index in [4.69, 9.17) is 11.2 Å². The Morgan fingerprint density at radius 2 is 1.83 bits per heavy atom. The Bertz CT molecular complexity index is 280. The Morgan fingerprint density at radius 1 is 1.22 bits per heavy atom. The fraction of sp³-hybridized carbons (Fsp3) is 0.875. The Labute approximate surface area is 113 Å². The Hall–Kier alpha value is -0.520. The molecule has 1 rings (SSSR count). The first-order chi connectivity index (χ1) is 8.49. The molecule has 0 amide bonds. The topological polar surface area (TPSA) is 21.3 Å². The van der Waals surface area contributed by atoms with Crippen LogP contribution in [0.25, 0.3) is 0 Å². The summed E-state index contributed by atoms with van der Waals surface area (Å²) in [7, 11) is 0. The summed E-state index contributed by atoms with van der Waals surface area (Å²) in [6.45, 7) is 10.6. The number of likely N-dealkylation sites (N-methyl/N-ethyl adjacent to an activating group) is 1. The van der Waals surface area contributed by atoms with Gasteiger partial charge in [-0.3, -0.25) is 0 Å². The first kappa shape index (κ1) is 15.5. The summed E-state index contributed by atoms with van der Waals surface area (Å²) in [5.41, 5.74) is 0.403. The SMILES string of the molecule is C#CCC(NCC)C1(OCC)CCC(C)(C)CC1. The van der Waals surface area contributed by atoms with Crippen molar-refractivity contribution in [1.82, 2.24) is 5.32 Å². The first-order valence-corrected chi connectivity index (χ1v) is 7.30. The molecule has 0 bridgehead atoms. The predicted molar refractivity (Wildman–Crippen MR) is 77.5 cm³/mol. The molecular weight excluding hydrogens is 222 g/mol. The average Bonchev–Trinajstić information content (AvgIpc) is 2.32. The van der Waals surface area contributed by atoms with Crippen LogP contribution in [0.1, 0.15) is 59.8 Å². The van der Waals surface area contributed by atoms with Gasteiger partial charge >= 0.3 is 0 Å². The molecule has 0 aromatic heterocycles. The minimum Gasteiger partial charge on any atom is -0.374 e. The number of hydrogen-bond acceptors (Lipinski definition) is 2. The van der Waals surface area contributed by atoms with Crippen LogP contribution in [0.4, 0.5) is 0 Å². The monoisotopic (exact) mass is 251 g/mol. The molecule has 0 aromatic carbocycles. The summed E-state index contributed by atoms with van der Waals surface area (Å²) in [5.74, 6) is 2.81. The number of hydrogen-bond donors (Lipinski definition) is 1. The maximum Gasteiger partial charge on any atom is 0.0844 e. The van der Waals surface area contributed by atoms with E-state index in [0.717, 1.165) is 32.4 Å². The zero-order chi connectivity index (χ0) is 13.6. The van der Waals surface area contributed by atoms with Crippen molar-refractivity contribution in [1.29, 1.82) is 0 Å². The molecule has 1 N–H and O–H groups in total. The Morgan fingerprint density at radius 3 is 2.28 bits per heavy atom. The van der Waals surface area contributed by atoms with E-state index in [0.29, 0.717) is 11.5 Å². The molecule has 18 heavy (non-hydrogen) atoms. The lowest BCUT2D eigenvalue weighted by atomic mass is 9.68. The van der Waals surface area contributed by atoms with Crippen molar-refractivity contribution in [2.45, 2.75) is 71.4 Å². The van der Waals surface area contributed by atoms with Gasteiger partial charge in [-0.05, 0) is 44.6 Å². The number of ether oxygens (including phenoxy) is 1. The number of terminal acetylenes is 1. The van der Waals surface area contributed by atoms with Crippen molar-refractivity contribution in [2.75, 3.05) is 13.2 Å². The molecule has 0 spiro atoms. The molecule has 1 aliphatic rings. The number of nitrogens with one attached hydrogen (secondary N) is 1. The van der Waals surface area contributed by atoms with Gasteiger partial charge in [0.2, 0.25) is 0 Å². The quantitative estimate of drug-likeness (QED) is 0.731. The van der Waals surface area contributed by atoms with Gasteiger partial charge in [0.05, 0.1) is 5.60 Å². The average molecular weight is 251 g/mol. The largest absolute Gasteiger partial charge is 0.374 e. The molecule has 1 fully saturated rings. The van der Waals surface area contributed by atoms with Gasteiger partial charge in [-0.1, -0.05) is 20.8 Å². The van der Waals surface area contributed by atoms with Gasteiger partial charge in [0.1, 0.15) is 0 Å². The van der Waals surface area contributed by atoms with Crippen LogP contribution in [-0.2, 0) is 4.74 Å². The van der Waals surface area contributed by atoms with Crippen LogP contribution in [0.2, 0.25) is 0 Å². The van der Waals surface area contributed by atoms with Crippen LogP contribution in [0.5, 0.6) is 0 Å². The van der Waals surface area contributed by atoms with E-state index in [-0.39, 0.29) is 5.60 Å². The Balaban J connectivity index is 2.82. The van der Waals surface area contributed by atoms with Gasteiger partial charge < -0.3 is 10.1 Å². The van der Waals surface area contributed by atoms with Gasteiger partial charge in [0, 0.05) is 19.1 Å². The van der Waals surface area contributed by atoms with Gasteiger partial charge in [-0.2, -0.15) is 0 Å². The van der Waals surface area contributed by atoms with Crippen molar-refractivity contribution in [3.05, 3.63) is 0 Å². The maximum absolute atomic E-state index is 6.17. The van der Waals surface area contributed by atoms with Crippen molar-refractivity contribution in [3.63, 3.8) is 0 Å². The summed E-state index contributed by atoms with van der Waals surface area (Å²) >= 11 is 0. The summed E-state index contributed by atoms with van der Waals surface area (Å²) < 4.78 is 6.17. The third-order valence-corrected chi connectivity index (χ3v) is 4.29. The lowest BCUT2D eigenvalue weighted by Gasteiger charge is -2.47. The highest BCUT2D eigenvalue weighted by atomic mass is 16.5. The molecule has 2 heteroatoms. The molecule has 0 saturated heterocycles. The minimum atomic E-state index is -0.0490. The van der Waals surface area contributed by atoms with Crippen molar-refractivity contribution in [2.24, 2.45) is 5.41 Å². The molecule has 104 valence electrons. The highest BCUT2D eigenvalue weighted by molar-refractivity contribution is 5.03. The highest BCUT2D eigenvalue weighted by Gasteiger charge is 2.44. The summed E-state index contributed by atoms with van der Waals surface area (Å²) in [4.78, 5) is 0. The van der Waals surface area contributed by atoms with Crippen molar-refractivity contribution in [3.8, 4) is 12.3 Å². The normalized spacial score (nSPS) is 23.3. The van der Waals surface area contributed by atoms with Gasteiger partial charge in [-0.25, -0.2) is 0 Å². The van der Waals surface area contributed by atoms with Gasteiger partial charge in [0.15, 0.2) is 0 Å². The predicted octanol–water partition coefficient (Wildman–Crippen LogP) is 3.36. The molecule has 1 atom stereocenters. The van der Waals surface area contributed by atoms with E-state index in [9.17, 15) is 0 Å². The molecule has 1 aliphatic carbocycles. The molecule has 0 aliphatic heterocycles. The molecule has 0 aromatic rings. The van der Waals surface area contributed by atoms with Gasteiger partial charge in [0.25, 0.3) is 0 Å². The molecule has 0 heterocycles. The van der Waals surface area contributed by atoms with E-state index in [2.05, 4.69) is 38.9 Å². The van der Waals surface area contributed by atoms with E-state index in [1.54, 1.807) is 0 Å². The minimum absolute atomic E-state index is 0.0490. The fourth-order valence-corrected chi connectivity index (χ4v) is 3.04. The Kier molecular flexibility index (Phi) is 5.69. The van der Waals surface area contributed by atoms with Crippen LogP contribution in [0.3, 0.4) is 0 Å². The third kappa shape index (κ3) is 3.73. The first-order valence-electron chi connectivity index (χ1n) is 7.30. The highest BCUT2D eigenvalue weighted by Crippen LogP contribution is 2.44. The zero-order valence-corrected chi connectivity index (χ0v) is 12.5.